The van der Waals surface area contributed by atoms with Crippen LogP contribution < -0.4 is 0 Å². The Hall–Kier alpha value is -1.28. The fourth-order valence-electron chi connectivity index (χ4n) is 2.70. The van der Waals surface area contributed by atoms with E-state index in [9.17, 15) is 4.79 Å². The number of urea groups is 1. The Morgan fingerprint density at radius 2 is 2.11 bits per heavy atom. The van der Waals surface area contributed by atoms with Gasteiger partial charge in [-0.1, -0.05) is 0 Å². The van der Waals surface area contributed by atoms with E-state index in [4.69, 9.17) is 10.00 Å². The summed E-state index contributed by atoms with van der Waals surface area (Å²) in [6, 6.07) is 1.97. The number of hydrogen-bond acceptors (Lipinski definition) is 3. The quantitative estimate of drug-likeness (QED) is 0.767. The Labute approximate surface area is 115 Å². The van der Waals surface area contributed by atoms with Gasteiger partial charge >= 0.3 is 6.03 Å². The first-order chi connectivity index (χ1) is 9.11. The minimum Gasteiger partial charge on any atom is -0.374 e. The van der Waals surface area contributed by atoms with E-state index in [0.717, 1.165) is 32.2 Å². The summed E-state index contributed by atoms with van der Waals surface area (Å²) >= 11 is 0. The number of hydrogen-bond donors (Lipinski definition) is 0. The molecule has 0 saturated carbocycles. The number of ether oxygens (including phenoxy) is 1. The van der Waals surface area contributed by atoms with Crippen LogP contribution >= 0.6 is 0 Å². The van der Waals surface area contributed by atoms with Gasteiger partial charge in [-0.15, -0.1) is 0 Å². The maximum absolute atomic E-state index is 12.4. The molecule has 2 atom stereocenters. The van der Waals surface area contributed by atoms with Crippen molar-refractivity contribution in [2.45, 2.75) is 57.8 Å². The number of nitriles is 1. The summed E-state index contributed by atoms with van der Waals surface area (Å²) in [6.07, 6.45) is 4.27. The molecule has 2 saturated heterocycles. The van der Waals surface area contributed by atoms with Gasteiger partial charge in [0, 0.05) is 19.6 Å². The van der Waals surface area contributed by atoms with Crippen molar-refractivity contribution >= 4 is 6.03 Å². The molecular formula is C14H23N3O2. The molecule has 2 fully saturated rings. The van der Waals surface area contributed by atoms with E-state index in [1.807, 2.05) is 18.7 Å². The highest BCUT2D eigenvalue weighted by Gasteiger charge is 2.36. The number of carbonyl (C=O) groups excluding carboxylic acids is 1. The Balaban J connectivity index is 1.94. The minimum atomic E-state index is -0.222. The molecule has 1 unspecified atom stereocenters. The SMILES string of the molecule is CC(C)OC1CCCCN(C(=O)N2CC[C@H]2C#N)C1. The van der Waals surface area contributed by atoms with Crippen molar-refractivity contribution in [3.8, 4) is 6.07 Å². The van der Waals surface area contributed by atoms with E-state index < -0.39 is 0 Å². The molecule has 0 aromatic carbocycles. The van der Waals surface area contributed by atoms with Gasteiger partial charge in [-0.25, -0.2) is 4.79 Å². The maximum Gasteiger partial charge on any atom is 0.321 e. The molecule has 0 aromatic rings. The molecule has 0 aliphatic carbocycles. The third kappa shape index (κ3) is 3.38. The highest BCUT2D eigenvalue weighted by Crippen LogP contribution is 2.22. The van der Waals surface area contributed by atoms with E-state index in [2.05, 4.69) is 6.07 Å². The van der Waals surface area contributed by atoms with Gasteiger partial charge in [0.1, 0.15) is 6.04 Å². The summed E-state index contributed by atoms with van der Waals surface area (Å²) in [5.74, 6) is 0. The van der Waals surface area contributed by atoms with Crippen molar-refractivity contribution in [3.63, 3.8) is 0 Å². The van der Waals surface area contributed by atoms with Crippen LogP contribution in [0, 0.1) is 11.3 Å². The van der Waals surface area contributed by atoms with Gasteiger partial charge in [-0.3, -0.25) is 0 Å². The van der Waals surface area contributed by atoms with E-state index in [1.165, 1.54) is 0 Å². The summed E-state index contributed by atoms with van der Waals surface area (Å²) in [4.78, 5) is 15.9. The zero-order valence-corrected chi connectivity index (χ0v) is 11.8. The van der Waals surface area contributed by atoms with Crippen LogP contribution in [0.1, 0.15) is 39.5 Å². The van der Waals surface area contributed by atoms with Crippen LogP contribution in [0.5, 0.6) is 0 Å². The molecule has 0 bridgehead atoms. The lowest BCUT2D eigenvalue weighted by atomic mass is 10.1. The second-order valence-corrected chi connectivity index (χ2v) is 5.66. The van der Waals surface area contributed by atoms with Crippen LogP contribution in [0.25, 0.3) is 0 Å². The van der Waals surface area contributed by atoms with Gasteiger partial charge in [-0.05, 0) is 39.5 Å². The molecule has 0 spiro atoms. The lowest BCUT2D eigenvalue weighted by molar-refractivity contribution is -0.00890. The normalized spacial score (nSPS) is 27.7. The zero-order valence-electron chi connectivity index (χ0n) is 11.8. The Kier molecular flexibility index (Phi) is 4.65. The van der Waals surface area contributed by atoms with E-state index in [-0.39, 0.29) is 24.3 Å². The molecular weight excluding hydrogens is 242 g/mol. The maximum atomic E-state index is 12.4. The fraction of sp³-hybridized carbons (Fsp3) is 0.857. The highest BCUT2D eigenvalue weighted by atomic mass is 16.5. The van der Waals surface area contributed by atoms with E-state index >= 15 is 0 Å². The number of rotatable bonds is 2. The molecule has 2 aliphatic heterocycles. The summed E-state index contributed by atoms with van der Waals surface area (Å²) in [7, 11) is 0. The monoisotopic (exact) mass is 265 g/mol. The van der Waals surface area contributed by atoms with Gasteiger partial charge in [0.25, 0.3) is 0 Å². The van der Waals surface area contributed by atoms with Crippen molar-refractivity contribution in [2.75, 3.05) is 19.6 Å². The first-order valence-corrected chi connectivity index (χ1v) is 7.22. The van der Waals surface area contributed by atoms with Crippen molar-refractivity contribution < 1.29 is 9.53 Å². The van der Waals surface area contributed by atoms with Crippen LogP contribution in [0.4, 0.5) is 4.79 Å². The predicted molar refractivity (Wildman–Crippen MR) is 71.6 cm³/mol. The molecule has 0 N–H and O–H groups in total. The van der Waals surface area contributed by atoms with E-state index in [1.54, 1.807) is 4.90 Å². The van der Waals surface area contributed by atoms with Crippen LogP contribution in [-0.4, -0.2) is 53.7 Å². The largest absolute Gasteiger partial charge is 0.374 e. The molecule has 5 heteroatoms. The predicted octanol–water partition coefficient (Wildman–Crippen LogP) is 1.98. The second-order valence-electron chi connectivity index (χ2n) is 5.66. The van der Waals surface area contributed by atoms with Crippen molar-refractivity contribution in [1.82, 2.24) is 9.80 Å². The van der Waals surface area contributed by atoms with Gasteiger partial charge < -0.3 is 14.5 Å². The third-order valence-electron chi connectivity index (χ3n) is 3.78. The first kappa shape index (κ1) is 14.1. The number of amides is 2. The minimum absolute atomic E-state index is 0.0112. The fourth-order valence-corrected chi connectivity index (χ4v) is 2.70. The molecule has 5 nitrogen and oxygen atoms in total. The van der Waals surface area contributed by atoms with Crippen molar-refractivity contribution in [3.05, 3.63) is 0 Å². The van der Waals surface area contributed by atoms with Crippen LogP contribution in [0.3, 0.4) is 0 Å². The molecule has 2 amide bonds. The summed E-state index contributed by atoms with van der Waals surface area (Å²) in [5, 5.41) is 8.94. The van der Waals surface area contributed by atoms with E-state index in [0.29, 0.717) is 13.1 Å². The first-order valence-electron chi connectivity index (χ1n) is 7.22. The summed E-state index contributed by atoms with van der Waals surface area (Å²) in [5.41, 5.74) is 0. The van der Waals surface area contributed by atoms with Crippen LogP contribution in [-0.2, 0) is 4.74 Å². The number of likely N-dealkylation sites (tertiary alicyclic amines) is 2. The van der Waals surface area contributed by atoms with Gasteiger partial charge in [0.15, 0.2) is 0 Å². The molecule has 0 aromatic heterocycles. The average molecular weight is 265 g/mol. The molecule has 2 rings (SSSR count). The topological polar surface area (TPSA) is 56.6 Å². The van der Waals surface area contributed by atoms with Gasteiger partial charge in [0.2, 0.25) is 0 Å². The van der Waals surface area contributed by atoms with Crippen molar-refractivity contribution in [2.24, 2.45) is 0 Å². The van der Waals surface area contributed by atoms with Gasteiger partial charge in [0.05, 0.1) is 18.3 Å². The molecule has 2 heterocycles. The average Bonchev–Trinajstić information content (AvgIpc) is 2.53. The lowest BCUT2D eigenvalue weighted by Gasteiger charge is -2.40. The summed E-state index contributed by atoms with van der Waals surface area (Å²) in [6.45, 7) is 6.21. The van der Waals surface area contributed by atoms with Crippen LogP contribution in [0.15, 0.2) is 0 Å². The standard InChI is InChI=1S/C14H23N3O2/c1-11(2)19-13-5-3-4-7-16(10-13)14(18)17-8-6-12(17)9-15/h11-13H,3-8,10H2,1-2H3/t12-,13?/m0/s1. The van der Waals surface area contributed by atoms with Crippen LogP contribution in [0.2, 0.25) is 0 Å². The number of carbonyl (C=O) groups is 1. The Morgan fingerprint density at radius 3 is 2.68 bits per heavy atom. The smallest absolute Gasteiger partial charge is 0.321 e. The molecule has 106 valence electrons. The summed E-state index contributed by atoms with van der Waals surface area (Å²) < 4.78 is 5.86. The number of nitrogens with zero attached hydrogens (tertiary/aromatic N) is 3. The highest BCUT2D eigenvalue weighted by molar-refractivity contribution is 5.76. The lowest BCUT2D eigenvalue weighted by Crippen LogP contribution is -2.56. The Bertz CT molecular complexity index is 364. The van der Waals surface area contributed by atoms with Crippen molar-refractivity contribution in [1.29, 1.82) is 5.26 Å². The zero-order chi connectivity index (χ0) is 13.8. The third-order valence-corrected chi connectivity index (χ3v) is 3.78. The molecule has 2 aliphatic rings. The molecule has 19 heavy (non-hydrogen) atoms. The van der Waals surface area contributed by atoms with Gasteiger partial charge in [-0.2, -0.15) is 5.26 Å². The molecule has 0 radical (unpaired) electrons. The Morgan fingerprint density at radius 1 is 1.32 bits per heavy atom. The second kappa shape index (κ2) is 6.25.